The molecule has 2 heterocycles. The van der Waals surface area contributed by atoms with Crippen molar-refractivity contribution in [2.75, 3.05) is 32.7 Å². The van der Waals surface area contributed by atoms with E-state index < -0.39 is 0 Å². The highest BCUT2D eigenvalue weighted by molar-refractivity contribution is 5.84. The van der Waals surface area contributed by atoms with Gasteiger partial charge >= 0.3 is 6.03 Å². The highest BCUT2D eigenvalue weighted by Gasteiger charge is 2.45. The molecular formula is C15H26N4O2. The average Bonchev–Trinajstić information content (AvgIpc) is 2.89. The number of rotatable bonds is 2. The van der Waals surface area contributed by atoms with Crippen molar-refractivity contribution in [3.63, 3.8) is 0 Å². The Morgan fingerprint density at radius 3 is 2.76 bits per heavy atom. The molecule has 1 atom stereocenters. The van der Waals surface area contributed by atoms with Crippen molar-refractivity contribution >= 4 is 11.9 Å². The van der Waals surface area contributed by atoms with E-state index in [9.17, 15) is 9.59 Å². The predicted octanol–water partition coefficient (Wildman–Crippen LogP) is 0.378. The number of nitrogens with one attached hydrogen (secondary N) is 1. The van der Waals surface area contributed by atoms with Gasteiger partial charge in [-0.1, -0.05) is 6.92 Å². The molecular weight excluding hydrogens is 268 g/mol. The molecule has 0 aromatic heterocycles. The molecule has 3 N–H and O–H groups in total. The van der Waals surface area contributed by atoms with Gasteiger partial charge in [-0.25, -0.2) is 4.79 Å². The van der Waals surface area contributed by atoms with Crippen molar-refractivity contribution in [3.05, 3.63) is 0 Å². The van der Waals surface area contributed by atoms with Gasteiger partial charge in [-0.2, -0.15) is 0 Å². The molecule has 6 nitrogen and oxygen atoms in total. The van der Waals surface area contributed by atoms with Gasteiger partial charge in [-0.05, 0) is 31.6 Å². The predicted molar refractivity (Wildman–Crippen MR) is 79.6 cm³/mol. The third-order valence-corrected chi connectivity index (χ3v) is 5.60. The molecule has 0 bridgehead atoms. The van der Waals surface area contributed by atoms with Crippen molar-refractivity contribution in [1.29, 1.82) is 0 Å². The van der Waals surface area contributed by atoms with Crippen LogP contribution in [0.2, 0.25) is 0 Å². The zero-order valence-electron chi connectivity index (χ0n) is 12.8. The Morgan fingerprint density at radius 2 is 2.10 bits per heavy atom. The highest BCUT2D eigenvalue weighted by Crippen LogP contribution is 2.40. The summed E-state index contributed by atoms with van der Waals surface area (Å²) >= 11 is 0. The molecule has 1 saturated carbocycles. The fraction of sp³-hybridized carbons (Fsp3) is 0.867. The minimum Gasteiger partial charge on any atom is -0.338 e. The molecule has 21 heavy (non-hydrogen) atoms. The van der Waals surface area contributed by atoms with Gasteiger partial charge in [0.15, 0.2) is 0 Å². The van der Waals surface area contributed by atoms with Crippen LogP contribution in [0, 0.1) is 11.3 Å². The molecule has 3 rings (SSSR count). The van der Waals surface area contributed by atoms with E-state index >= 15 is 0 Å². The number of fused-ring (bicyclic) bond motifs is 1. The summed E-state index contributed by atoms with van der Waals surface area (Å²) in [6.45, 7) is 5.27. The number of nitrogens with two attached hydrogens (primary N) is 1. The molecule has 6 heteroatoms. The minimum atomic E-state index is -0.356. The fourth-order valence-electron chi connectivity index (χ4n) is 3.94. The second-order valence-electron chi connectivity index (χ2n) is 6.95. The monoisotopic (exact) mass is 294 g/mol. The van der Waals surface area contributed by atoms with Crippen LogP contribution < -0.4 is 11.1 Å². The molecule has 3 fully saturated rings. The molecule has 0 aromatic rings. The first-order valence-corrected chi connectivity index (χ1v) is 8.10. The summed E-state index contributed by atoms with van der Waals surface area (Å²) in [5.41, 5.74) is 5.64. The largest absolute Gasteiger partial charge is 0.338 e. The van der Waals surface area contributed by atoms with Gasteiger partial charge in [-0.15, -0.1) is 0 Å². The van der Waals surface area contributed by atoms with E-state index in [0.717, 1.165) is 25.7 Å². The van der Waals surface area contributed by atoms with E-state index in [4.69, 9.17) is 5.73 Å². The van der Waals surface area contributed by atoms with E-state index in [-0.39, 0.29) is 23.4 Å². The SMILES string of the molecule is CC1CCC(CN)(C(=O)N2CCN3C(=O)NCC3C2)CC1. The molecule has 1 unspecified atom stereocenters. The molecule has 118 valence electrons. The van der Waals surface area contributed by atoms with E-state index in [1.807, 2.05) is 9.80 Å². The average molecular weight is 294 g/mol. The molecule has 2 saturated heterocycles. The lowest BCUT2D eigenvalue weighted by atomic mass is 9.70. The van der Waals surface area contributed by atoms with Gasteiger partial charge in [0, 0.05) is 32.7 Å². The van der Waals surface area contributed by atoms with Crippen LogP contribution in [-0.4, -0.2) is 60.5 Å². The smallest absolute Gasteiger partial charge is 0.317 e. The maximum absolute atomic E-state index is 13.0. The number of hydrogen-bond acceptors (Lipinski definition) is 3. The van der Waals surface area contributed by atoms with Crippen LogP contribution in [0.15, 0.2) is 0 Å². The summed E-state index contributed by atoms with van der Waals surface area (Å²) in [5.74, 6) is 0.918. The first kappa shape index (κ1) is 14.6. The quantitative estimate of drug-likeness (QED) is 0.772. The fourth-order valence-corrected chi connectivity index (χ4v) is 3.94. The summed E-state index contributed by atoms with van der Waals surface area (Å²) in [6, 6.07) is 0.139. The maximum atomic E-state index is 13.0. The summed E-state index contributed by atoms with van der Waals surface area (Å²) in [5, 5.41) is 2.85. The van der Waals surface area contributed by atoms with Crippen LogP contribution in [0.4, 0.5) is 4.79 Å². The van der Waals surface area contributed by atoms with Crippen molar-refractivity contribution < 1.29 is 9.59 Å². The summed E-state index contributed by atoms with van der Waals surface area (Å²) in [6.07, 6.45) is 4.00. The van der Waals surface area contributed by atoms with Crippen molar-refractivity contribution in [1.82, 2.24) is 15.1 Å². The lowest BCUT2D eigenvalue weighted by Gasteiger charge is -2.44. The van der Waals surface area contributed by atoms with Crippen LogP contribution in [0.5, 0.6) is 0 Å². The minimum absolute atomic E-state index is 0.00660. The molecule has 2 aliphatic heterocycles. The van der Waals surface area contributed by atoms with Gasteiger partial charge in [0.1, 0.15) is 0 Å². The van der Waals surface area contributed by atoms with Gasteiger partial charge in [0.25, 0.3) is 0 Å². The Labute approximate surface area is 126 Å². The Bertz CT molecular complexity index is 431. The van der Waals surface area contributed by atoms with Crippen LogP contribution in [0.25, 0.3) is 0 Å². The molecule has 3 aliphatic rings. The highest BCUT2D eigenvalue weighted by atomic mass is 16.2. The van der Waals surface area contributed by atoms with E-state index in [2.05, 4.69) is 12.2 Å². The maximum Gasteiger partial charge on any atom is 0.317 e. The molecule has 0 radical (unpaired) electrons. The Kier molecular flexibility index (Phi) is 3.82. The third-order valence-electron chi connectivity index (χ3n) is 5.60. The molecule has 1 aliphatic carbocycles. The number of urea groups is 1. The summed E-state index contributed by atoms with van der Waals surface area (Å²) < 4.78 is 0. The van der Waals surface area contributed by atoms with E-state index in [1.165, 1.54) is 0 Å². The van der Waals surface area contributed by atoms with Crippen LogP contribution in [0.3, 0.4) is 0 Å². The summed E-state index contributed by atoms with van der Waals surface area (Å²) in [4.78, 5) is 28.4. The number of hydrogen-bond donors (Lipinski definition) is 2. The van der Waals surface area contributed by atoms with Crippen molar-refractivity contribution in [3.8, 4) is 0 Å². The first-order valence-electron chi connectivity index (χ1n) is 8.10. The van der Waals surface area contributed by atoms with Gasteiger partial charge in [0.2, 0.25) is 5.91 Å². The lowest BCUT2D eigenvalue weighted by Crippen LogP contribution is -2.58. The Morgan fingerprint density at radius 1 is 1.38 bits per heavy atom. The van der Waals surface area contributed by atoms with Gasteiger partial charge in [0.05, 0.1) is 11.5 Å². The van der Waals surface area contributed by atoms with Gasteiger partial charge in [-0.3, -0.25) is 4.79 Å². The Balaban J connectivity index is 1.68. The number of nitrogens with zero attached hydrogens (tertiary/aromatic N) is 2. The van der Waals surface area contributed by atoms with Crippen molar-refractivity contribution in [2.24, 2.45) is 17.1 Å². The number of amides is 3. The second kappa shape index (κ2) is 5.48. The third kappa shape index (κ3) is 2.50. The number of piperazine rings is 1. The second-order valence-corrected chi connectivity index (χ2v) is 6.95. The van der Waals surface area contributed by atoms with Crippen LogP contribution in [0.1, 0.15) is 32.6 Å². The first-order chi connectivity index (χ1) is 10.1. The zero-order chi connectivity index (χ0) is 15.0. The lowest BCUT2D eigenvalue weighted by molar-refractivity contribution is -0.146. The van der Waals surface area contributed by atoms with E-state index in [0.29, 0.717) is 38.6 Å². The van der Waals surface area contributed by atoms with Crippen LogP contribution in [-0.2, 0) is 4.79 Å². The molecule has 0 aromatic carbocycles. The normalized spacial score (nSPS) is 36.4. The van der Waals surface area contributed by atoms with Crippen LogP contribution >= 0.6 is 0 Å². The molecule has 3 amide bonds. The van der Waals surface area contributed by atoms with E-state index in [1.54, 1.807) is 0 Å². The summed E-state index contributed by atoms with van der Waals surface area (Å²) in [7, 11) is 0. The number of carbonyl (C=O) groups is 2. The topological polar surface area (TPSA) is 78.7 Å². The Hall–Kier alpha value is -1.30. The number of carbonyl (C=O) groups excluding carboxylic acids is 2. The zero-order valence-corrected chi connectivity index (χ0v) is 12.8. The van der Waals surface area contributed by atoms with Gasteiger partial charge < -0.3 is 20.9 Å². The standard InChI is InChI=1S/C15H26N4O2/c1-11-2-4-15(10-16,5-3-11)13(20)18-6-7-19-12(9-18)8-17-14(19)21/h11-12H,2-10,16H2,1H3,(H,17,21). The molecule has 0 spiro atoms. The van der Waals surface area contributed by atoms with Crippen molar-refractivity contribution in [2.45, 2.75) is 38.6 Å².